The van der Waals surface area contributed by atoms with Crippen LogP contribution in [0.4, 0.5) is 10.8 Å². The summed E-state index contributed by atoms with van der Waals surface area (Å²) >= 11 is 2.87. The van der Waals surface area contributed by atoms with Crippen molar-refractivity contribution in [2.75, 3.05) is 11.9 Å². The Labute approximate surface area is 138 Å². The molecule has 7 heteroatoms. The Morgan fingerprint density at radius 3 is 2.77 bits per heavy atom. The van der Waals surface area contributed by atoms with Crippen LogP contribution in [0.25, 0.3) is 0 Å². The van der Waals surface area contributed by atoms with Crippen LogP contribution >= 0.6 is 23.1 Å². The number of hydrogen-bond donors (Lipinski definition) is 2. The molecule has 1 aromatic heterocycles. The predicted octanol–water partition coefficient (Wildman–Crippen LogP) is 3.52. The maximum Gasteiger partial charge on any atom is 0.233 e. The van der Waals surface area contributed by atoms with E-state index < -0.39 is 0 Å². The van der Waals surface area contributed by atoms with Crippen molar-refractivity contribution in [1.29, 1.82) is 0 Å². The number of carbonyl (C=O) groups excluding carboxylic acids is 1. The van der Waals surface area contributed by atoms with Crippen molar-refractivity contribution >= 4 is 39.8 Å². The van der Waals surface area contributed by atoms with Crippen LogP contribution in [-0.4, -0.2) is 27.9 Å². The van der Waals surface area contributed by atoms with Crippen LogP contribution in [-0.2, 0) is 4.79 Å². The zero-order valence-corrected chi connectivity index (χ0v) is 14.8. The molecule has 118 valence electrons. The van der Waals surface area contributed by atoms with Crippen molar-refractivity contribution in [3.63, 3.8) is 0 Å². The number of anilines is 2. The first-order valence-corrected chi connectivity index (χ1v) is 8.81. The van der Waals surface area contributed by atoms with Crippen molar-refractivity contribution in [2.45, 2.75) is 37.3 Å². The van der Waals surface area contributed by atoms with Crippen LogP contribution in [0.2, 0.25) is 0 Å². The largest absolute Gasteiger partial charge is 0.355 e. The van der Waals surface area contributed by atoms with Crippen LogP contribution < -0.4 is 10.6 Å². The van der Waals surface area contributed by atoms with Crippen molar-refractivity contribution in [2.24, 2.45) is 0 Å². The van der Waals surface area contributed by atoms with E-state index >= 15 is 0 Å². The molecule has 22 heavy (non-hydrogen) atoms. The zero-order valence-electron chi connectivity index (χ0n) is 13.1. The second kappa shape index (κ2) is 7.60. The zero-order chi connectivity index (χ0) is 16.1. The van der Waals surface area contributed by atoms with Crippen LogP contribution in [0.3, 0.4) is 0 Å². The minimum Gasteiger partial charge on any atom is -0.355 e. The maximum absolute atomic E-state index is 11.7. The molecule has 0 saturated heterocycles. The molecule has 1 amide bonds. The molecule has 0 bridgehead atoms. The molecule has 2 aromatic rings. The summed E-state index contributed by atoms with van der Waals surface area (Å²) in [5.41, 5.74) is 3.48. The van der Waals surface area contributed by atoms with Gasteiger partial charge in [-0.25, -0.2) is 0 Å². The number of thioether (sulfide) groups is 1. The third-order valence-corrected chi connectivity index (χ3v) is 5.19. The van der Waals surface area contributed by atoms with Crippen molar-refractivity contribution in [3.8, 4) is 0 Å². The van der Waals surface area contributed by atoms with Gasteiger partial charge in [-0.2, -0.15) is 0 Å². The quantitative estimate of drug-likeness (QED) is 0.790. The number of amides is 1. The average molecular weight is 336 g/mol. The summed E-state index contributed by atoms with van der Waals surface area (Å²) in [4.78, 5) is 11.7. The lowest BCUT2D eigenvalue weighted by atomic mass is 10.1. The second-order valence-corrected chi connectivity index (χ2v) is 7.52. The van der Waals surface area contributed by atoms with E-state index in [0.717, 1.165) is 15.2 Å². The van der Waals surface area contributed by atoms with Gasteiger partial charge in [-0.3, -0.25) is 4.79 Å². The van der Waals surface area contributed by atoms with Crippen LogP contribution in [0.5, 0.6) is 0 Å². The maximum atomic E-state index is 11.7. The molecule has 0 aliphatic rings. The van der Waals surface area contributed by atoms with Gasteiger partial charge in [-0.15, -0.1) is 10.2 Å². The molecule has 0 aliphatic heterocycles. The van der Waals surface area contributed by atoms with E-state index in [0.29, 0.717) is 6.54 Å². The van der Waals surface area contributed by atoms with Gasteiger partial charge in [-0.05, 0) is 51.0 Å². The smallest absolute Gasteiger partial charge is 0.233 e. The number of hydrogen-bond acceptors (Lipinski definition) is 6. The topological polar surface area (TPSA) is 66.9 Å². The van der Waals surface area contributed by atoms with Gasteiger partial charge in [0.25, 0.3) is 0 Å². The summed E-state index contributed by atoms with van der Waals surface area (Å²) in [5, 5.41) is 14.9. The Bertz CT molecular complexity index is 657. The first-order valence-electron chi connectivity index (χ1n) is 7.11. The lowest BCUT2D eigenvalue weighted by molar-refractivity contribution is -0.120. The second-order valence-electron chi connectivity index (χ2n) is 4.95. The van der Waals surface area contributed by atoms with Crippen LogP contribution in [0.1, 0.15) is 25.0 Å². The highest BCUT2D eigenvalue weighted by molar-refractivity contribution is 8.02. The molecule has 1 aromatic carbocycles. The first-order chi connectivity index (χ1) is 10.5. The summed E-state index contributed by atoms with van der Waals surface area (Å²) < 4.78 is 0.782. The van der Waals surface area contributed by atoms with E-state index in [1.165, 1.54) is 34.2 Å². The monoisotopic (exact) mass is 336 g/mol. The molecule has 0 unspecified atom stereocenters. The van der Waals surface area contributed by atoms with Gasteiger partial charge in [0.05, 0.1) is 5.25 Å². The minimum atomic E-state index is -0.178. The normalized spacial score (nSPS) is 12.0. The molecule has 0 saturated carbocycles. The van der Waals surface area contributed by atoms with Gasteiger partial charge in [0.2, 0.25) is 11.0 Å². The Morgan fingerprint density at radius 1 is 1.32 bits per heavy atom. The summed E-state index contributed by atoms with van der Waals surface area (Å²) in [5.74, 6) is 0.0198. The summed E-state index contributed by atoms with van der Waals surface area (Å²) in [6.07, 6.45) is 0. The average Bonchev–Trinajstić information content (AvgIpc) is 2.90. The SMILES string of the molecule is CCNC(=O)[C@H](C)Sc1nnc(Nc2ccc(C)c(C)c2)s1. The third kappa shape index (κ3) is 4.45. The molecule has 1 heterocycles. The highest BCUT2D eigenvalue weighted by Crippen LogP contribution is 2.30. The van der Waals surface area contributed by atoms with Gasteiger partial charge >= 0.3 is 0 Å². The molecular weight excluding hydrogens is 316 g/mol. The molecular formula is C15H20N4OS2. The van der Waals surface area contributed by atoms with E-state index in [4.69, 9.17) is 0 Å². The summed E-state index contributed by atoms with van der Waals surface area (Å²) in [6.45, 7) is 8.58. The Hall–Kier alpha value is -1.60. The summed E-state index contributed by atoms with van der Waals surface area (Å²) in [7, 11) is 0. The van der Waals surface area contributed by atoms with Gasteiger partial charge in [0.15, 0.2) is 4.34 Å². The molecule has 2 rings (SSSR count). The van der Waals surface area contributed by atoms with Crippen molar-refractivity contribution in [3.05, 3.63) is 29.3 Å². The number of nitrogens with zero attached hydrogens (tertiary/aromatic N) is 2. The Morgan fingerprint density at radius 2 is 2.09 bits per heavy atom. The van der Waals surface area contributed by atoms with Gasteiger partial charge < -0.3 is 10.6 Å². The van der Waals surface area contributed by atoms with E-state index in [-0.39, 0.29) is 11.2 Å². The Kier molecular flexibility index (Phi) is 5.79. The summed E-state index contributed by atoms with van der Waals surface area (Å²) in [6, 6.07) is 6.18. The molecule has 0 radical (unpaired) electrons. The predicted molar refractivity (Wildman–Crippen MR) is 93.1 cm³/mol. The molecule has 1 atom stereocenters. The molecule has 0 spiro atoms. The standard InChI is InChI=1S/C15H20N4OS2/c1-5-16-13(20)11(4)21-15-19-18-14(22-15)17-12-7-6-9(2)10(3)8-12/h6-8,11H,5H2,1-4H3,(H,16,20)(H,17,18)/t11-/m0/s1. The van der Waals surface area contributed by atoms with Gasteiger partial charge in [0.1, 0.15) is 0 Å². The number of rotatable bonds is 6. The van der Waals surface area contributed by atoms with Gasteiger partial charge in [0, 0.05) is 12.2 Å². The fourth-order valence-electron chi connectivity index (χ4n) is 1.77. The fourth-order valence-corrected chi connectivity index (χ4v) is 3.71. The van der Waals surface area contributed by atoms with Gasteiger partial charge in [-0.1, -0.05) is 29.2 Å². The van der Waals surface area contributed by atoms with E-state index in [1.54, 1.807) is 0 Å². The molecule has 0 fully saturated rings. The minimum absolute atomic E-state index is 0.0198. The molecule has 2 N–H and O–H groups in total. The first kappa shape index (κ1) is 16.8. The highest BCUT2D eigenvalue weighted by atomic mass is 32.2. The number of carbonyl (C=O) groups is 1. The lowest BCUT2D eigenvalue weighted by Gasteiger charge is -2.07. The highest BCUT2D eigenvalue weighted by Gasteiger charge is 2.16. The third-order valence-electron chi connectivity index (χ3n) is 3.16. The van der Waals surface area contributed by atoms with Crippen LogP contribution in [0, 0.1) is 13.8 Å². The number of aryl methyl sites for hydroxylation is 2. The van der Waals surface area contributed by atoms with E-state index in [2.05, 4.69) is 46.8 Å². The molecule has 0 aliphatic carbocycles. The number of benzene rings is 1. The lowest BCUT2D eigenvalue weighted by Crippen LogP contribution is -2.30. The van der Waals surface area contributed by atoms with E-state index in [1.807, 2.05) is 19.9 Å². The van der Waals surface area contributed by atoms with Crippen LogP contribution in [0.15, 0.2) is 22.5 Å². The fraction of sp³-hybridized carbons (Fsp3) is 0.400. The van der Waals surface area contributed by atoms with Crippen molar-refractivity contribution < 1.29 is 4.79 Å². The number of nitrogens with one attached hydrogen (secondary N) is 2. The molecule has 5 nitrogen and oxygen atoms in total. The Balaban J connectivity index is 1.99. The number of aromatic nitrogens is 2. The van der Waals surface area contributed by atoms with E-state index in [9.17, 15) is 4.79 Å². The van der Waals surface area contributed by atoms with Crippen molar-refractivity contribution in [1.82, 2.24) is 15.5 Å².